The first-order valence-electron chi connectivity index (χ1n) is 11.1. The van der Waals surface area contributed by atoms with E-state index in [4.69, 9.17) is 14.2 Å². The molecular formula is C25H27N3O8. The highest BCUT2D eigenvalue weighted by Crippen LogP contribution is 2.38. The van der Waals surface area contributed by atoms with Crippen molar-refractivity contribution < 1.29 is 33.8 Å². The molecule has 190 valence electrons. The van der Waals surface area contributed by atoms with E-state index in [1.165, 1.54) is 4.90 Å². The van der Waals surface area contributed by atoms with E-state index in [9.17, 15) is 30.1 Å². The van der Waals surface area contributed by atoms with Gasteiger partial charge in [0.1, 0.15) is 23.5 Å². The van der Waals surface area contributed by atoms with E-state index < -0.39 is 40.3 Å². The van der Waals surface area contributed by atoms with E-state index in [0.717, 1.165) is 23.8 Å². The summed E-state index contributed by atoms with van der Waals surface area (Å²) >= 11 is 0. The van der Waals surface area contributed by atoms with E-state index in [1.807, 2.05) is 0 Å². The Morgan fingerprint density at radius 2 is 1.86 bits per heavy atom. The van der Waals surface area contributed by atoms with Crippen LogP contribution in [0, 0.1) is 21.4 Å². The van der Waals surface area contributed by atoms with Crippen molar-refractivity contribution in [2.75, 3.05) is 20.2 Å². The predicted octanol–water partition coefficient (Wildman–Crippen LogP) is 4.23. The molecule has 2 aromatic rings. The number of hydrogen-bond acceptors (Lipinski definition) is 9. The Hall–Kier alpha value is -4.59. The van der Waals surface area contributed by atoms with Gasteiger partial charge in [-0.25, -0.2) is 4.79 Å². The van der Waals surface area contributed by atoms with E-state index in [1.54, 1.807) is 58.2 Å². The summed E-state index contributed by atoms with van der Waals surface area (Å²) in [5, 5.41) is 31.1. The number of benzene rings is 2. The molecule has 0 aliphatic carbocycles. The zero-order chi connectivity index (χ0) is 26.8. The summed E-state index contributed by atoms with van der Waals surface area (Å²) in [6, 6.07) is 11.0. The van der Waals surface area contributed by atoms with Gasteiger partial charge in [-0.1, -0.05) is 12.1 Å². The molecule has 0 aliphatic heterocycles. The molecule has 0 fully saturated rings. The maximum atomic E-state index is 12.5. The number of phenolic OH excluding ortho intramolecular Hbond substituents is 1. The number of ether oxygens (including phenoxy) is 3. The number of amides is 1. The second kappa shape index (κ2) is 12.8. The van der Waals surface area contributed by atoms with Crippen LogP contribution in [-0.4, -0.2) is 53.3 Å². The van der Waals surface area contributed by atoms with E-state index >= 15 is 0 Å². The summed E-state index contributed by atoms with van der Waals surface area (Å²) in [5.74, 6) is -1.33. The molecule has 0 saturated carbocycles. The summed E-state index contributed by atoms with van der Waals surface area (Å²) in [6.45, 7) is 5.84. The number of rotatable bonds is 10. The number of nitro benzene ring substituents is 1. The van der Waals surface area contributed by atoms with Crippen LogP contribution in [-0.2, 0) is 16.0 Å². The summed E-state index contributed by atoms with van der Waals surface area (Å²) in [7, 11) is 1.55. The lowest BCUT2D eigenvalue weighted by Crippen LogP contribution is -2.31. The monoisotopic (exact) mass is 497 g/mol. The summed E-state index contributed by atoms with van der Waals surface area (Å²) in [5.41, 5.74) is -0.181. The third kappa shape index (κ3) is 7.20. The zero-order valence-corrected chi connectivity index (χ0v) is 20.4. The lowest BCUT2D eigenvalue weighted by Gasteiger charge is -2.17. The van der Waals surface area contributed by atoms with Crippen LogP contribution in [0.5, 0.6) is 17.2 Å². The topological polar surface area (TPSA) is 152 Å². The standard InChI is InChI=1S/C25H27N3O8/c1-5-27(6-2)24(30)19(15-26)12-18-13-21(28(32)33)23(29)22(14-18)36-25(31)35-16(3)11-17-7-9-20(34-4)10-8-17/h7-10,12-14,16,29H,5-6,11H2,1-4H3/b19-12+. The number of nitrogens with zero attached hydrogens (tertiary/aromatic N) is 3. The number of phenols is 1. The maximum Gasteiger partial charge on any atom is 0.514 e. The summed E-state index contributed by atoms with van der Waals surface area (Å²) < 4.78 is 15.4. The highest BCUT2D eigenvalue weighted by Gasteiger charge is 2.24. The van der Waals surface area contributed by atoms with Crippen LogP contribution in [0.4, 0.5) is 10.5 Å². The first-order valence-corrected chi connectivity index (χ1v) is 11.1. The molecule has 0 radical (unpaired) electrons. The van der Waals surface area contributed by atoms with Crippen LogP contribution >= 0.6 is 0 Å². The number of hydrogen-bond donors (Lipinski definition) is 1. The molecule has 0 bridgehead atoms. The molecule has 0 aliphatic rings. The van der Waals surface area contributed by atoms with Crippen LogP contribution < -0.4 is 9.47 Å². The van der Waals surface area contributed by atoms with Crippen molar-refractivity contribution in [2.24, 2.45) is 0 Å². The Bertz CT molecular complexity index is 1180. The van der Waals surface area contributed by atoms with Crippen molar-refractivity contribution in [2.45, 2.75) is 33.3 Å². The fourth-order valence-corrected chi connectivity index (χ4v) is 3.32. The second-order valence-electron chi connectivity index (χ2n) is 7.62. The fraction of sp³-hybridized carbons (Fsp3) is 0.320. The highest BCUT2D eigenvalue weighted by molar-refractivity contribution is 6.01. The molecule has 11 heteroatoms. The Labute approximate surface area is 208 Å². The number of nitro groups is 1. The second-order valence-corrected chi connectivity index (χ2v) is 7.62. The average molecular weight is 498 g/mol. The average Bonchev–Trinajstić information content (AvgIpc) is 2.84. The smallest absolute Gasteiger partial charge is 0.499 e. The molecule has 2 rings (SSSR count). The molecule has 1 atom stereocenters. The Kier molecular flexibility index (Phi) is 9.80. The Morgan fingerprint density at radius 3 is 2.39 bits per heavy atom. The van der Waals surface area contributed by atoms with Crippen molar-refractivity contribution in [3.63, 3.8) is 0 Å². The molecule has 0 aromatic heterocycles. The van der Waals surface area contributed by atoms with E-state index in [2.05, 4.69) is 0 Å². The van der Waals surface area contributed by atoms with Gasteiger partial charge in [0.2, 0.25) is 5.75 Å². The van der Waals surface area contributed by atoms with Crippen LogP contribution in [0.2, 0.25) is 0 Å². The quantitative estimate of drug-likeness (QED) is 0.127. The first-order chi connectivity index (χ1) is 17.1. The van der Waals surface area contributed by atoms with Crippen molar-refractivity contribution in [1.82, 2.24) is 4.90 Å². The molecule has 36 heavy (non-hydrogen) atoms. The number of carbonyl (C=O) groups excluding carboxylic acids is 2. The lowest BCUT2D eigenvalue weighted by molar-refractivity contribution is -0.385. The molecule has 1 amide bonds. The molecule has 0 saturated heterocycles. The van der Waals surface area contributed by atoms with Gasteiger partial charge in [0.15, 0.2) is 5.75 Å². The lowest BCUT2D eigenvalue weighted by atomic mass is 10.1. The van der Waals surface area contributed by atoms with Crippen LogP contribution in [0.1, 0.15) is 31.9 Å². The van der Waals surface area contributed by atoms with Gasteiger partial charge in [-0.2, -0.15) is 5.26 Å². The normalized spacial score (nSPS) is 11.7. The van der Waals surface area contributed by atoms with Crippen molar-refractivity contribution in [3.05, 3.63) is 63.2 Å². The molecule has 1 N–H and O–H groups in total. The molecule has 0 heterocycles. The number of carbonyl (C=O) groups is 2. The molecule has 0 spiro atoms. The minimum Gasteiger partial charge on any atom is -0.499 e. The van der Waals surface area contributed by atoms with E-state index in [0.29, 0.717) is 25.3 Å². The van der Waals surface area contributed by atoms with Gasteiger partial charge in [0.25, 0.3) is 5.91 Å². The zero-order valence-electron chi connectivity index (χ0n) is 20.4. The minimum atomic E-state index is -1.19. The number of likely N-dealkylation sites (N-methyl/N-ethyl adjacent to an activating group) is 1. The first kappa shape index (κ1) is 27.7. The molecule has 1 unspecified atom stereocenters. The maximum absolute atomic E-state index is 12.5. The van der Waals surface area contributed by atoms with Crippen LogP contribution in [0.3, 0.4) is 0 Å². The van der Waals surface area contributed by atoms with Gasteiger partial charge in [0, 0.05) is 25.6 Å². The number of aromatic hydroxyl groups is 1. The Balaban J connectivity index is 2.26. The van der Waals surface area contributed by atoms with Gasteiger partial charge >= 0.3 is 11.8 Å². The number of methoxy groups -OCH3 is 1. The largest absolute Gasteiger partial charge is 0.514 e. The Morgan fingerprint density at radius 1 is 1.22 bits per heavy atom. The van der Waals surface area contributed by atoms with E-state index in [-0.39, 0.29) is 11.1 Å². The van der Waals surface area contributed by atoms with Gasteiger partial charge in [-0.3, -0.25) is 14.9 Å². The summed E-state index contributed by atoms with van der Waals surface area (Å²) in [4.78, 5) is 36.8. The highest BCUT2D eigenvalue weighted by atomic mass is 16.7. The van der Waals surface area contributed by atoms with Crippen molar-refractivity contribution in [3.8, 4) is 23.3 Å². The third-order valence-corrected chi connectivity index (χ3v) is 5.16. The molecular weight excluding hydrogens is 470 g/mol. The van der Waals surface area contributed by atoms with Gasteiger partial charge in [-0.15, -0.1) is 0 Å². The van der Waals surface area contributed by atoms with Crippen molar-refractivity contribution in [1.29, 1.82) is 5.26 Å². The van der Waals surface area contributed by atoms with Gasteiger partial charge in [0.05, 0.1) is 12.0 Å². The fourth-order valence-electron chi connectivity index (χ4n) is 3.32. The third-order valence-electron chi connectivity index (χ3n) is 5.16. The number of nitriles is 1. The minimum absolute atomic E-state index is 0.00522. The van der Waals surface area contributed by atoms with Crippen LogP contribution in [0.15, 0.2) is 42.0 Å². The summed E-state index contributed by atoms with van der Waals surface area (Å²) in [6.07, 6.45) is -0.339. The predicted molar refractivity (Wildman–Crippen MR) is 130 cm³/mol. The van der Waals surface area contributed by atoms with Crippen LogP contribution in [0.25, 0.3) is 6.08 Å². The van der Waals surface area contributed by atoms with Gasteiger partial charge < -0.3 is 24.2 Å². The van der Waals surface area contributed by atoms with Crippen molar-refractivity contribution >= 4 is 23.8 Å². The molecule has 2 aromatic carbocycles. The SMILES string of the molecule is CCN(CC)C(=O)/C(C#N)=C/c1cc(OC(=O)OC(C)Cc2ccc(OC)cc2)c(O)c([N+](=O)[O-])c1. The van der Waals surface area contributed by atoms with Gasteiger partial charge in [-0.05, 0) is 56.2 Å². The molecule has 11 nitrogen and oxygen atoms in total.